The van der Waals surface area contributed by atoms with Gasteiger partial charge in [-0.1, -0.05) is 44.2 Å². The number of nitrogens with one attached hydrogen (secondary N) is 1. The average Bonchev–Trinajstić information content (AvgIpc) is 2.54. The van der Waals surface area contributed by atoms with Crippen LogP contribution in [-0.2, 0) is 18.3 Å². The van der Waals surface area contributed by atoms with Crippen molar-refractivity contribution in [3.05, 3.63) is 35.9 Å². The first-order chi connectivity index (χ1) is 11.5. The van der Waals surface area contributed by atoms with Crippen LogP contribution in [0.5, 0.6) is 0 Å². The predicted octanol–water partition coefficient (Wildman–Crippen LogP) is 4.60. The Kier molecular flexibility index (Phi) is 9.79. The largest absolute Gasteiger partial charge is 0.383 e. The predicted molar refractivity (Wildman–Crippen MR) is 98.3 cm³/mol. The Morgan fingerprint density at radius 2 is 1.67 bits per heavy atom. The second-order valence-electron chi connectivity index (χ2n) is 6.11. The third-order valence-electron chi connectivity index (χ3n) is 3.62. The second-order valence-corrected chi connectivity index (χ2v) is 8.33. The van der Waals surface area contributed by atoms with Crippen molar-refractivity contribution in [1.82, 2.24) is 5.32 Å². The van der Waals surface area contributed by atoms with Crippen LogP contribution in [0.15, 0.2) is 30.3 Å². The molecule has 0 saturated carbocycles. The van der Waals surface area contributed by atoms with Crippen molar-refractivity contribution in [2.24, 2.45) is 5.92 Å². The number of benzene rings is 1. The van der Waals surface area contributed by atoms with Crippen molar-refractivity contribution in [2.45, 2.75) is 45.9 Å². The van der Waals surface area contributed by atoms with Crippen molar-refractivity contribution >= 4 is 7.60 Å². The summed E-state index contributed by atoms with van der Waals surface area (Å²) in [6, 6.07) is 9.95. The van der Waals surface area contributed by atoms with Gasteiger partial charge >= 0.3 is 7.60 Å². The van der Waals surface area contributed by atoms with E-state index in [1.54, 1.807) is 7.11 Å². The lowest BCUT2D eigenvalue weighted by atomic mass is 10.1. The molecule has 24 heavy (non-hydrogen) atoms. The van der Waals surface area contributed by atoms with Crippen LogP contribution in [0.2, 0.25) is 0 Å². The van der Waals surface area contributed by atoms with Gasteiger partial charge < -0.3 is 13.8 Å². The molecule has 0 aliphatic carbocycles. The number of hydrogen-bond acceptors (Lipinski definition) is 5. The Hall–Kier alpha value is -0.710. The minimum Gasteiger partial charge on any atom is -0.383 e. The average molecular weight is 357 g/mol. The molecule has 0 unspecified atom stereocenters. The van der Waals surface area contributed by atoms with E-state index < -0.39 is 7.60 Å². The highest BCUT2D eigenvalue weighted by Gasteiger charge is 2.37. The molecule has 138 valence electrons. The summed E-state index contributed by atoms with van der Waals surface area (Å²) in [6.45, 7) is 9.07. The minimum absolute atomic E-state index is 0.0748. The first-order valence-electron chi connectivity index (χ1n) is 8.65. The monoisotopic (exact) mass is 357 g/mol. The van der Waals surface area contributed by atoms with E-state index in [0.717, 1.165) is 5.56 Å². The van der Waals surface area contributed by atoms with Gasteiger partial charge in [-0.2, -0.15) is 0 Å². The summed E-state index contributed by atoms with van der Waals surface area (Å²) < 4.78 is 29.8. The third-order valence-corrected chi connectivity index (χ3v) is 5.98. The van der Waals surface area contributed by atoms with Crippen molar-refractivity contribution < 1.29 is 18.3 Å². The zero-order valence-corrected chi connectivity index (χ0v) is 16.4. The van der Waals surface area contributed by atoms with E-state index in [2.05, 4.69) is 19.2 Å². The van der Waals surface area contributed by atoms with Crippen LogP contribution in [0.25, 0.3) is 0 Å². The van der Waals surface area contributed by atoms with E-state index in [9.17, 15) is 4.57 Å². The molecular formula is C18H32NO4P. The van der Waals surface area contributed by atoms with Crippen molar-refractivity contribution in [3.8, 4) is 0 Å². The fraction of sp³-hybridized carbons (Fsp3) is 0.667. The summed E-state index contributed by atoms with van der Waals surface area (Å²) in [5.41, 5.74) is 1.09. The Balaban J connectivity index is 3.06. The van der Waals surface area contributed by atoms with E-state index in [-0.39, 0.29) is 11.8 Å². The quantitative estimate of drug-likeness (QED) is 0.554. The number of ether oxygens (including phenoxy) is 1. The van der Waals surface area contributed by atoms with Gasteiger partial charge in [0.25, 0.3) is 0 Å². The summed E-state index contributed by atoms with van der Waals surface area (Å²) in [5.74, 6) is -0.0199. The molecule has 6 heteroatoms. The maximum Gasteiger partial charge on any atom is 0.347 e. The zero-order chi connectivity index (χ0) is 18.0. The van der Waals surface area contributed by atoms with Gasteiger partial charge in [0.15, 0.2) is 0 Å². The van der Waals surface area contributed by atoms with Crippen molar-refractivity contribution in [3.63, 3.8) is 0 Å². The van der Waals surface area contributed by atoms with E-state index >= 15 is 0 Å². The molecule has 1 N–H and O–H groups in total. The molecule has 0 bridgehead atoms. The molecule has 0 fully saturated rings. The van der Waals surface area contributed by atoms with E-state index in [0.29, 0.717) is 32.2 Å². The molecule has 0 radical (unpaired) electrons. The number of hydrogen-bond donors (Lipinski definition) is 1. The lowest BCUT2D eigenvalue weighted by Gasteiger charge is -2.32. The molecule has 0 amide bonds. The summed E-state index contributed by atoms with van der Waals surface area (Å²) >= 11 is 0. The first kappa shape index (κ1) is 21.3. The fourth-order valence-electron chi connectivity index (χ4n) is 2.64. The van der Waals surface area contributed by atoms with Gasteiger partial charge in [0.1, 0.15) is 5.78 Å². The van der Waals surface area contributed by atoms with Crippen LogP contribution in [-0.4, -0.2) is 32.7 Å². The second kappa shape index (κ2) is 11.0. The van der Waals surface area contributed by atoms with Crippen LogP contribution in [0.4, 0.5) is 0 Å². The number of rotatable bonds is 12. The summed E-state index contributed by atoms with van der Waals surface area (Å²) in [5, 5.41) is 3.47. The molecule has 1 rings (SSSR count). The highest BCUT2D eigenvalue weighted by molar-refractivity contribution is 7.54. The third kappa shape index (κ3) is 6.66. The maximum atomic E-state index is 13.3. The lowest BCUT2D eigenvalue weighted by molar-refractivity contribution is 0.155. The molecule has 0 aromatic heterocycles. The van der Waals surface area contributed by atoms with Gasteiger partial charge in [-0.05, 0) is 31.7 Å². The molecule has 0 saturated heterocycles. The molecule has 0 aliphatic rings. The number of methoxy groups -OCH3 is 1. The molecule has 5 nitrogen and oxygen atoms in total. The van der Waals surface area contributed by atoms with Gasteiger partial charge in [0.2, 0.25) is 0 Å². The Morgan fingerprint density at radius 3 is 2.12 bits per heavy atom. The van der Waals surface area contributed by atoms with Crippen LogP contribution in [0.1, 0.15) is 45.7 Å². The maximum absolute atomic E-state index is 13.3. The summed E-state index contributed by atoms with van der Waals surface area (Å²) in [7, 11) is -1.58. The van der Waals surface area contributed by atoms with Gasteiger partial charge in [-0.25, -0.2) is 0 Å². The molecule has 0 heterocycles. The summed E-state index contributed by atoms with van der Waals surface area (Å²) in [4.78, 5) is 0. The lowest BCUT2D eigenvalue weighted by Crippen LogP contribution is -2.37. The molecule has 0 spiro atoms. The highest BCUT2D eigenvalue weighted by atomic mass is 31.2. The molecule has 0 aliphatic heterocycles. The topological polar surface area (TPSA) is 56.8 Å². The minimum atomic E-state index is -3.25. The van der Waals surface area contributed by atoms with Crippen LogP contribution in [0, 0.1) is 5.92 Å². The molecular weight excluding hydrogens is 325 g/mol. The van der Waals surface area contributed by atoms with Crippen molar-refractivity contribution in [1.29, 1.82) is 0 Å². The fourth-order valence-corrected chi connectivity index (χ4v) is 4.83. The summed E-state index contributed by atoms with van der Waals surface area (Å²) in [6.07, 6.45) is 0.699. The van der Waals surface area contributed by atoms with E-state index in [1.165, 1.54) is 0 Å². The highest BCUT2D eigenvalue weighted by Crippen LogP contribution is 2.54. The van der Waals surface area contributed by atoms with E-state index in [1.807, 2.05) is 44.2 Å². The van der Waals surface area contributed by atoms with Crippen LogP contribution >= 0.6 is 7.60 Å². The van der Waals surface area contributed by atoms with Crippen molar-refractivity contribution in [2.75, 3.05) is 26.9 Å². The van der Waals surface area contributed by atoms with Gasteiger partial charge in [-0.15, -0.1) is 0 Å². The van der Waals surface area contributed by atoms with E-state index in [4.69, 9.17) is 13.8 Å². The Labute approximate surface area is 146 Å². The van der Waals surface area contributed by atoms with Crippen LogP contribution < -0.4 is 5.32 Å². The van der Waals surface area contributed by atoms with Crippen LogP contribution in [0.3, 0.4) is 0 Å². The standard InChI is InChI=1S/C18H32NO4P/c1-6-22-24(20,23-7-2)18(13-15(3)4)19-17(14-21-5)16-11-9-8-10-12-16/h8-12,15,17-19H,6-7,13-14H2,1-5H3/t17-,18+/m0/s1. The normalized spacial score (nSPS) is 14.8. The zero-order valence-electron chi connectivity index (χ0n) is 15.5. The first-order valence-corrected chi connectivity index (χ1v) is 10.3. The van der Waals surface area contributed by atoms with Gasteiger partial charge in [-0.3, -0.25) is 9.88 Å². The Morgan fingerprint density at radius 1 is 1.08 bits per heavy atom. The molecule has 2 atom stereocenters. The molecule has 1 aromatic rings. The smallest absolute Gasteiger partial charge is 0.347 e. The van der Waals surface area contributed by atoms with Gasteiger partial charge in [0, 0.05) is 7.11 Å². The van der Waals surface area contributed by atoms with Gasteiger partial charge in [0.05, 0.1) is 25.9 Å². The SMILES string of the molecule is CCOP(=O)(OCC)[C@H](CC(C)C)N[C@@H](COC)c1ccccc1. The molecule has 1 aromatic carbocycles. The Bertz CT molecular complexity index is 485.